The smallest absolute Gasteiger partial charge is 0.123 e. The molecule has 0 aliphatic carbocycles. The number of hydrogen-bond acceptors (Lipinski definition) is 2. The second kappa shape index (κ2) is 5.17. The van der Waals surface area contributed by atoms with Crippen molar-refractivity contribution in [2.45, 2.75) is 6.54 Å². The van der Waals surface area contributed by atoms with E-state index in [-0.39, 0.29) is 5.82 Å². The summed E-state index contributed by atoms with van der Waals surface area (Å²) >= 11 is 0. The first-order chi connectivity index (χ1) is 9.76. The molecule has 20 heavy (non-hydrogen) atoms. The molecule has 0 aliphatic rings. The number of nitrogens with zero attached hydrogens (tertiary/aromatic N) is 2. The van der Waals surface area contributed by atoms with Gasteiger partial charge in [-0.05, 0) is 41.5 Å². The van der Waals surface area contributed by atoms with Gasteiger partial charge in [0.25, 0.3) is 0 Å². The van der Waals surface area contributed by atoms with Gasteiger partial charge in [-0.3, -0.25) is 0 Å². The first-order valence-electron chi connectivity index (χ1n) is 6.33. The fourth-order valence-corrected chi connectivity index (χ4v) is 2.31. The molecule has 0 amide bonds. The molecule has 0 saturated heterocycles. The molecule has 2 aromatic carbocycles. The minimum absolute atomic E-state index is 0.211. The number of aromatic nitrogens is 1. The van der Waals surface area contributed by atoms with E-state index in [9.17, 15) is 4.39 Å². The number of nitrogens with two attached hydrogens (primary N) is 1. The zero-order valence-electron chi connectivity index (χ0n) is 10.8. The van der Waals surface area contributed by atoms with Crippen LogP contribution in [0.15, 0.2) is 59.8 Å². The molecule has 1 heterocycles. The number of rotatable bonds is 3. The van der Waals surface area contributed by atoms with Crippen molar-refractivity contribution in [2.75, 3.05) is 0 Å². The maximum atomic E-state index is 12.9. The molecule has 100 valence electrons. The third-order valence-electron chi connectivity index (χ3n) is 3.28. The van der Waals surface area contributed by atoms with Crippen molar-refractivity contribution < 1.29 is 4.39 Å². The van der Waals surface area contributed by atoms with Crippen LogP contribution in [-0.4, -0.2) is 10.8 Å². The number of benzene rings is 2. The normalized spacial score (nSPS) is 11.4. The monoisotopic (exact) mass is 267 g/mol. The maximum Gasteiger partial charge on any atom is 0.123 e. The highest BCUT2D eigenvalue weighted by Crippen LogP contribution is 2.18. The summed E-state index contributed by atoms with van der Waals surface area (Å²) in [6.45, 7) is 0.716. The summed E-state index contributed by atoms with van der Waals surface area (Å²) in [7, 11) is 0. The van der Waals surface area contributed by atoms with E-state index < -0.39 is 0 Å². The highest BCUT2D eigenvalue weighted by molar-refractivity contribution is 5.89. The second-order valence-electron chi connectivity index (χ2n) is 4.67. The molecule has 0 spiro atoms. The van der Waals surface area contributed by atoms with Gasteiger partial charge < -0.3 is 10.4 Å². The Hall–Kier alpha value is -2.62. The Bertz CT molecular complexity index is 757. The molecule has 0 bridgehead atoms. The topological polar surface area (TPSA) is 43.3 Å². The second-order valence-corrected chi connectivity index (χ2v) is 4.67. The average molecular weight is 267 g/mol. The van der Waals surface area contributed by atoms with Crippen LogP contribution in [0.1, 0.15) is 11.1 Å². The van der Waals surface area contributed by atoms with Gasteiger partial charge >= 0.3 is 0 Å². The zero-order chi connectivity index (χ0) is 13.9. The van der Waals surface area contributed by atoms with Gasteiger partial charge in [0.05, 0.1) is 6.21 Å². The lowest BCUT2D eigenvalue weighted by Gasteiger charge is -2.06. The van der Waals surface area contributed by atoms with Crippen molar-refractivity contribution in [2.24, 2.45) is 10.9 Å². The lowest BCUT2D eigenvalue weighted by atomic mass is 10.1. The number of hydrazone groups is 1. The third-order valence-corrected chi connectivity index (χ3v) is 3.28. The van der Waals surface area contributed by atoms with Crippen molar-refractivity contribution in [3.63, 3.8) is 0 Å². The minimum Gasteiger partial charge on any atom is -0.343 e. The van der Waals surface area contributed by atoms with Crippen LogP contribution in [0.25, 0.3) is 10.9 Å². The van der Waals surface area contributed by atoms with E-state index in [1.54, 1.807) is 18.3 Å². The van der Waals surface area contributed by atoms with E-state index in [4.69, 9.17) is 5.84 Å². The number of fused-ring (bicyclic) bond motifs is 1. The molecular formula is C16H14FN3. The van der Waals surface area contributed by atoms with Crippen LogP contribution in [0.2, 0.25) is 0 Å². The molecular weight excluding hydrogens is 253 g/mol. The Morgan fingerprint density at radius 2 is 1.90 bits per heavy atom. The van der Waals surface area contributed by atoms with Crippen LogP contribution < -0.4 is 5.84 Å². The fraction of sp³-hybridized carbons (Fsp3) is 0.0625. The Balaban J connectivity index is 1.94. The first-order valence-corrected chi connectivity index (χ1v) is 6.33. The summed E-state index contributed by atoms with van der Waals surface area (Å²) < 4.78 is 15.0. The van der Waals surface area contributed by atoms with Gasteiger partial charge in [0.1, 0.15) is 5.82 Å². The molecule has 4 heteroatoms. The lowest BCUT2D eigenvalue weighted by Crippen LogP contribution is -1.98. The Morgan fingerprint density at radius 3 is 2.65 bits per heavy atom. The highest BCUT2D eigenvalue weighted by atomic mass is 19.1. The van der Waals surface area contributed by atoms with Gasteiger partial charge in [0.15, 0.2) is 0 Å². The first kappa shape index (κ1) is 12.4. The van der Waals surface area contributed by atoms with Gasteiger partial charge in [-0.2, -0.15) is 5.10 Å². The van der Waals surface area contributed by atoms with Crippen LogP contribution in [0.3, 0.4) is 0 Å². The van der Waals surface area contributed by atoms with Gasteiger partial charge in [-0.15, -0.1) is 0 Å². The average Bonchev–Trinajstić information content (AvgIpc) is 2.84. The molecule has 0 radical (unpaired) electrons. The van der Waals surface area contributed by atoms with Crippen molar-refractivity contribution >= 4 is 17.1 Å². The van der Waals surface area contributed by atoms with Crippen molar-refractivity contribution in [3.8, 4) is 0 Å². The van der Waals surface area contributed by atoms with Gasteiger partial charge in [0.2, 0.25) is 0 Å². The molecule has 3 nitrogen and oxygen atoms in total. The number of hydrogen-bond donors (Lipinski definition) is 1. The molecule has 0 atom stereocenters. The van der Waals surface area contributed by atoms with Crippen LogP contribution >= 0.6 is 0 Å². The molecule has 2 N–H and O–H groups in total. The van der Waals surface area contributed by atoms with Crippen LogP contribution in [0.5, 0.6) is 0 Å². The van der Waals surface area contributed by atoms with E-state index in [0.29, 0.717) is 6.54 Å². The summed E-state index contributed by atoms with van der Waals surface area (Å²) in [6, 6.07) is 14.7. The molecule has 0 fully saturated rings. The lowest BCUT2D eigenvalue weighted by molar-refractivity contribution is 0.626. The third kappa shape index (κ3) is 2.40. The van der Waals surface area contributed by atoms with E-state index in [1.807, 2.05) is 30.5 Å². The summed E-state index contributed by atoms with van der Waals surface area (Å²) in [5.41, 5.74) is 3.17. The van der Waals surface area contributed by atoms with Crippen molar-refractivity contribution in [3.05, 3.63) is 71.7 Å². The fourth-order valence-electron chi connectivity index (χ4n) is 2.31. The van der Waals surface area contributed by atoms with Gasteiger partial charge in [0, 0.05) is 23.6 Å². The van der Waals surface area contributed by atoms with Gasteiger partial charge in [-0.25, -0.2) is 4.39 Å². The van der Waals surface area contributed by atoms with E-state index >= 15 is 0 Å². The molecule has 3 aromatic rings. The largest absolute Gasteiger partial charge is 0.343 e. The van der Waals surface area contributed by atoms with Crippen molar-refractivity contribution in [1.82, 2.24) is 4.57 Å². The van der Waals surface area contributed by atoms with E-state index in [1.165, 1.54) is 12.1 Å². The quantitative estimate of drug-likeness (QED) is 0.442. The Labute approximate surface area is 116 Å². The predicted molar refractivity (Wildman–Crippen MR) is 79.2 cm³/mol. The molecule has 3 rings (SSSR count). The standard InChI is InChI=1S/C16H14FN3/c17-15-4-1-12(2-5-15)11-20-8-7-14-9-13(10-19-18)3-6-16(14)20/h1-10H,11,18H2. The van der Waals surface area contributed by atoms with Gasteiger partial charge in [-0.1, -0.05) is 18.2 Å². The van der Waals surface area contributed by atoms with Crippen molar-refractivity contribution in [1.29, 1.82) is 0 Å². The summed E-state index contributed by atoms with van der Waals surface area (Å²) in [5, 5.41) is 4.66. The minimum atomic E-state index is -0.211. The van der Waals surface area contributed by atoms with E-state index in [2.05, 4.69) is 9.67 Å². The summed E-state index contributed by atoms with van der Waals surface area (Å²) in [5.74, 6) is 4.95. The van der Waals surface area contributed by atoms with Crippen LogP contribution in [-0.2, 0) is 6.54 Å². The molecule has 0 saturated carbocycles. The zero-order valence-corrected chi connectivity index (χ0v) is 10.8. The Kier molecular flexibility index (Phi) is 3.21. The van der Waals surface area contributed by atoms with Crippen LogP contribution in [0.4, 0.5) is 4.39 Å². The summed E-state index contributed by atoms with van der Waals surface area (Å²) in [6.07, 6.45) is 3.65. The summed E-state index contributed by atoms with van der Waals surface area (Å²) in [4.78, 5) is 0. The molecule has 1 aromatic heterocycles. The molecule has 0 unspecified atom stereocenters. The van der Waals surface area contributed by atoms with Crippen LogP contribution in [0, 0.1) is 5.82 Å². The Morgan fingerprint density at radius 1 is 1.10 bits per heavy atom. The molecule has 0 aliphatic heterocycles. The maximum absolute atomic E-state index is 12.9. The highest BCUT2D eigenvalue weighted by Gasteiger charge is 2.03. The number of halogens is 1. The van der Waals surface area contributed by atoms with E-state index in [0.717, 1.165) is 22.0 Å². The predicted octanol–water partition coefficient (Wildman–Crippen LogP) is 3.12. The SMILES string of the molecule is NN=Cc1ccc2c(ccn2Cc2ccc(F)cc2)c1.